The molecule has 3 heterocycles. The zero-order chi connectivity index (χ0) is 28.4. The number of rotatable bonds is 10. The molecule has 0 unspecified atom stereocenters. The Hall–Kier alpha value is -4.41. The first-order valence-electron chi connectivity index (χ1n) is 13.7. The Bertz CT molecular complexity index is 1460. The summed E-state index contributed by atoms with van der Waals surface area (Å²) in [6.07, 6.45) is 6.34. The summed E-state index contributed by atoms with van der Waals surface area (Å²) in [5.41, 5.74) is 2.94. The van der Waals surface area contributed by atoms with E-state index in [0.717, 1.165) is 69.2 Å². The van der Waals surface area contributed by atoms with Gasteiger partial charge in [-0.3, -0.25) is 4.90 Å². The highest BCUT2D eigenvalue weighted by molar-refractivity contribution is 5.99. The van der Waals surface area contributed by atoms with E-state index in [1.807, 2.05) is 18.2 Å². The number of halogens is 1. The predicted octanol–water partition coefficient (Wildman–Crippen LogP) is 6.08. The normalized spacial score (nSPS) is 13.5. The van der Waals surface area contributed by atoms with E-state index >= 15 is 0 Å². The number of pyridine rings is 1. The molecule has 5 rings (SSSR count). The molecule has 0 bridgehead atoms. The molecule has 2 aromatic carbocycles. The van der Waals surface area contributed by atoms with Crippen LogP contribution in [0.3, 0.4) is 0 Å². The van der Waals surface area contributed by atoms with Gasteiger partial charge < -0.3 is 20.1 Å². The van der Waals surface area contributed by atoms with E-state index in [9.17, 15) is 9.18 Å². The second kappa shape index (κ2) is 13.8. The molecule has 10 heteroatoms. The summed E-state index contributed by atoms with van der Waals surface area (Å²) < 4.78 is 25.3. The lowest BCUT2D eigenvalue weighted by atomic mass is 10.1. The van der Waals surface area contributed by atoms with Crippen LogP contribution in [0.15, 0.2) is 73.1 Å². The van der Waals surface area contributed by atoms with Crippen LogP contribution in [0, 0.1) is 12.7 Å². The molecule has 212 valence electrons. The molecule has 2 N–H and O–H groups in total. The zero-order valence-corrected chi connectivity index (χ0v) is 23.0. The molecule has 4 aromatic rings. The molecule has 0 atom stereocenters. The van der Waals surface area contributed by atoms with E-state index in [4.69, 9.17) is 14.5 Å². The number of hydrogen-bond acceptors (Lipinski definition) is 7. The Balaban J connectivity index is 1.17. The molecule has 9 nitrogen and oxygen atoms in total. The van der Waals surface area contributed by atoms with E-state index in [1.54, 1.807) is 55.7 Å². The first-order valence-corrected chi connectivity index (χ1v) is 13.7. The number of carbonyl (C=O) groups excluding carboxylic acids is 1. The van der Waals surface area contributed by atoms with Crippen molar-refractivity contribution in [2.24, 2.45) is 0 Å². The van der Waals surface area contributed by atoms with E-state index in [-0.39, 0.29) is 5.82 Å². The summed E-state index contributed by atoms with van der Waals surface area (Å²) in [5, 5.41) is 5.35. The van der Waals surface area contributed by atoms with Crippen molar-refractivity contribution >= 4 is 17.4 Å². The van der Waals surface area contributed by atoms with Crippen molar-refractivity contribution in [2.45, 2.75) is 26.2 Å². The molecular weight excluding hydrogens is 523 g/mol. The molecule has 0 radical (unpaired) electrons. The van der Waals surface area contributed by atoms with Gasteiger partial charge in [-0.05, 0) is 86.5 Å². The topological polar surface area (TPSA) is 102 Å². The van der Waals surface area contributed by atoms with Gasteiger partial charge in [0.2, 0.25) is 5.88 Å². The summed E-state index contributed by atoms with van der Waals surface area (Å²) in [5.74, 6) is 1.38. The van der Waals surface area contributed by atoms with Gasteiger partial charge in [0.05, 0.1) is 24.5 Å². The van der Waals surface area contributed by atoms with Gasteiger partial charge >= 0.3 is 6.03 Å². The van der Waals surface area contributed by atoms with Crippen LogP contribution >= 0.6 is 0 Å². The van der Waals surface area contributed by atoms with Crippen molar-refractivity contribution in [3.05, 3.63) is 90.3 Å². The number of unbranched alkanes of at least 4 members (excludes halogenated alkanes) is 1. The highest BCUT2D eigenvalue weighted by Crippen LogP contribution is 2.30. The minimum atomic E-state index is -0.477. The molecule has 0 saturated carbocycles. The number of anilines is 2. The van der Waals surface area contributed by atoms with Gasteiger partial charge in [-0.2, -0.15) is 0 Å². The Kier molecular flexibility index (Phi) is 9.45. The summed E-state index contributed by atoms with van der Waals surface area (Å²) in [7, 11) is 0. The van der Waals surface area contributed by atoms with Crippen LogP contribution in [0.2, 0.25) is 0 Å². The van der Waals surface area contributed by atoms with E-state index in [2.05, 4.69) is 25.5 Å². The molecule has 1 fully saturated rings. The van der Waals surface area contributed by atoms with E-state index in [1.165, 1.54) is 6.07 Å². The van der Waals surface area contributed by atoms with E-state index in [0.29, 0.717) is 28.6 Å². The van der Waals surface area contributed by atoms with Gasteiger partial charge in [-0.25, -0.2) is 24.1 Å². The average molecular weight is 557 g/mol. The van der Waals surface area contributed by atoms with Gasteiger partial charge in [0.15, 0.2) is 0 Å². The van der Waals surface area contributed by atoms with Gasteiger partial charge in [-0.1, -0.05) is 6.07 Å². The number of benzene rings is 2. The lowest BCUT2D eigenvalue weighted by molar-refractivity contribution is 0.0372. The lowest BCUT2D eigenvalue weighted by Gasteiger charge is -2.26. The molecular formula is C31H33FN6O3. The number of urea groups is 1. The zero-order valence-electron chi connectivity index (χ0n) is 23.0. The predicted molar refractivity (Wildman–Crippen MR) is 156 cm³/mol. The standard InChI is InChI=1S/C31H33FN6O3/c1-22-7-8-24(21-27(22)32)36-31(39)35-23-9-11-25(12-10-23)41-30-26(5-4-14-34-30)28-13-15-33-29(37-28)6-2-3-16-38-17-19-40-20-18-38/h4-5,7-15,21H,2-3,6,16-20H2,1H3,(H2,35,36,39). The number of nitrogens with zero attached hydrogens (tertiary/aromatic N) is 4. The lowest BCUT2D eigenvalue weighted by Crippen LogP contribution is -2.36. The average Bonchev–Trinajstić information content (AvgIpc) is 2.99. The largest absolute Gasteiger partial charge is 0.438 e. The van der Waals surface area contributed by atoms with Gasteiger partial charge in [0.1, 0.15) is 17.4 Å². The summed E-state index contributed by atoms with van der Waals surface area (Å²) in [6.45, 7) is 6.36. The Morgan fingerprint density at radius 2 is 1.76 bits per heavy atom. The molecule has 2 aromatic heterocycles. The van der Waals surface area contributed by atoms with E-state index < -0.39 is 6.03 Å². The van der Waals surface area contributed by atoms with Crippen LogP contribution in [0.25, 0.3) is 11.3 Å². The third kappa shape index (κ3) is 8.06. The van der Waals surface area contributed by atoms with Crippen molar-refractivity contribution in [3.8, 4) is 22.9 Å². The minimum Gasteiger partial charge on any atom is -0.438 e. The summed E-state index contributed by atoms with van der Waals surface area (Å²) >= 11 is 0. The molecule has 2 amide bonds. The Morgan fingerprint density at radius 1 is 0.976 bits per heavy atom. The van der Waals surface area contributed by atoms with Crippen LogP contribution in [-0.2, 0) is 11.2 Å². The van der Waals surface area contributed by atoms with Crippen molar-refractivity contribution in [1.82, 2.24) is 19.9 Å². The van der Waals surface area contributed by atoms with Crippen LogP contribution in [-0.4, -0.2) is 58.7 Å². The first kappa shape index (κ1) is 28.1. The number of nitrogens with one attached hydrogen (secondary N) is 2. The fraction of sp³-hybridized carbons (Fsp3) is 0.290. The maximum Gasteiger partial charge on any atom is 0.323 e. The fourth-order valence-corrected chi connectivity index (χ4v) is 4.46. The van der Waals surface area contributed by atoms with Crippen LogP contribution in [0.4, 0.5) is 20.6 Å². The third-order valence-electron chi connectivity index (χ3n) is 6.74. The van der Waals surface area contributed by atoms with Crippen LogP contribution in [0.1, 0.15) is 24.2 Å². The number of amides is 2. The highest BCUT2D eigenvalue weighted by Gasteiger charge is 2.13. The van der Waals surface area contributed by atoms with Gasteiger partial charge in [0, 0.05) is 43.3 Å². The van der Waals surface area contributed by atoms with Gasteiger partial charge in [-0.15, -0.1) is 0 Å². The molecule has 0 aliphatic carbocycles. The molecule has 1 saturated heterocycles. The maximum atomic E-state index is 13.8. The molecule has 1 aliphatic rings. The monoisotopic (exact) mass is 556 g/mol. The number of ether oxygens (including phenoxy) is 2. The first-order chi connectivity index (χ1) is 20.0. The fourth-order valence-electron chi connectivity index (χ4n) is 4.46. The number of carbonyl (C=O) groups is 1. The molecule has 0 spiro atoms. The van der Waals surface area contributed by atoms with Gasteiger partial charge in [0.25, 0.3) is 0 Å². The molecule has 1 aliphatic heterocycles. The van der Waals surface area contributed by atoms with Crippen molar-refractivity contribution < 1.29 is 18.7 Å². The van der Waals surface area contributed by atoms with Crippen LogP contribution < -0.4 is 15.4 Å². The second-order valence-electron chi connectivity index (χ2n) is 9.79. The number of morpholine rings is 1. The molecule has 41 heavy (non-hydrogen) atoms. The Morgan fingerprint density at radius 3 is 2.56 bits per heavy atom. The third-order valence-corrected chi connectivity index (χ3v) is 6.74. The Labute approximate surface area is 238 Å². The van der Waals surface area contributed by atoms with Crippen molar-refractivity contribution in [3.63, 3.8) is 0 Å². The summed E-state index contributed by atoms with van der Waals surface area (Å²) in [6, 6.07) is 16.6. The summed E-state index contributed by atoms with van der Waals surface area (Å²) in [4.78, 5) is 28.4. The highest BCUT2D eigenvalue weighted by atomic mass is 19.1. The number of aryl methyl sites for hydroxylation is 2. The smallest absolute Gasteiger partial charge is 0.323 e. The number of aromatic nitrogens is 3. The minimum absolute atomic E-state index is 0.370. The second-order valence-corrected chi connectivity index (χ2v) is 9.79. The maximum absolute atomic E-state index is 13.8. The van der Waals surface area contributed by atoms with Crippen molar-refractivity contribution in [2.75, 3.05) is 43.5 Å². The number of hydrogen-bond donors (Lipinski definition) is 2. The van der Waals surface area contributed by atoms with Crippen LogP contribution in [0.5, 0.6) is 11.6 Å². The van der Waals surface area contributed by atoms with Crippen molar-refractivity contribution in [1.29, 1.82) is 0 Å². The quantitative estimate of drug-likeness (QED) is 0.228. The SMILES string of the molecule is Cc1ccc(NC(=O)Nc2ccc(Oc3ncccc3-c3ccnc(CCCCN4CCOCC4)n3)cc2)cc1F.